The molecule has 1 aliphatic carbocycles. The van der Waals surface area contributed by atoms with E-state index in [0.29, 0.717) is 24.3 Å². The number of nitrogens with zero attached hydrogens (tertiary/aromatic N) is 2. The van der Waals surface area contributed by atoms with Crippen LogP contribution in [-0.2, 0) is 17.5 Å². The lowest BCUT2D eigenvalue weighted by Crippen LogP contribution is -2.50. The van der Waals surface area contributed by atoms with E-state index in [1.54, 1.807) is 12.1 Å². The maximum atomic E-state index is 12.9. The largest absolute Gasteiger partial charge is 0.417 e. The standard InChI is InChI=1S/C22H23F3N4O2/c1-12-10-29(18-5-14(6-18)20(26)30)11-15-4-13(2-3-19(12)15)21(31)28-17-7-16(8-27-9-17)22(23,24)25/h2-4,7-9,12,14,18H,5-6,10-11H2,1H3,(H2,26,30)(H,28,31)/t12?,14-,18-. The number of carbonyl (C=O) groups is 2. The maximum Gasteiger partial charge on any atom is 0.417 e. The van der Waals surface area contributed by atoms with E-state index in [1.165, 1.54) is 6.20 Å². The molecule has 6 nitrogen and oxygen atoms in total. The molecule has 2 aliphatic rings. The number of nitrogens with one attached hydrogen (secondary N) is 1. The lowest BCUT2D eigenvalue weighted by molar-refractivity contribution is -0.137. The van der Waals surface area contributed by atoms with Crippen LogP contribution in [-0.4, -0.2) is 34.3 Å². The second kappa shape index (κ2) is 7.96. The van der Waals surface area contributed by atoms with E-state index < -0.39 is 17.6 Å². The molecule has 1 fully saturated rings. The normalized spacial score (nSPS) is 23.5. The molecule has 0 saturated heterocycles. The number of carbonyl (C=O) groups excluding carboxylic acids is 2. The van der Waals surface area contributed by atoms with Crippen molar-refractivity contribution in [2.75, 3.05) is 11.9 Å². The molecule has 31 heavy (non-hydrogen) atoms. The average molecular weight is 432 g/mol. The topological polar surface area (TPSA) is 88.3 Å². The molecule has 0 spiro atoms. The summed E-state index contributed by atoms with van der Waals surface area (Å²) in [7, 11) is 0. The third-order valence-corrected chi connectivity index (χ3v) is 6.17. The number of amides is 2. The van der Waals surface area contributed by atoms with Crippen LogP contribution in [0.5, 0.6) is 0 Å². The summed E-state index contributed by atoms with van der Waals surface area (Å²) < 4.78 is 38.6. The fraction of sp³-hybridized carbons (Fsp3) is 0.409. The molecule has 1 aliphatic heterocycles. The zero-order chi connectivity index (χ0) is 22.3. The molecular formula is C22H23F3N4O2. The highest BCUT2D eigenvalue weighted by Crippen LogP contribution is 2.37. The summed E-state index contributed by atoms with van der Waals surface area (Å²) >= 11 is 0. The van der Waals surface area contributed by atoms with Crippen molar-refractivity contribution in [1.29, 1.82) is 0 Å². The minimum atomic E-state index is -4.53. The quantitative estimate of drug-likeness (QED) is 0.774. The molecule has 1 aromatic heterocycles. The summed E-state index contributed by atoms with van der Waals surface area (Å²) in [4.78, 5) is 29.8. The first-order valence-electron chi connectivity index (χ1n) is 10.1. The van der Waals surface area contributed by atoms with E-state index in [9.17, 15) is 22.8 Å². The fourth-order valence-electron chi connectivity index (χ4n) is 4.36. The van der Waals surface area contributed by atoms with Gasteiger partial charge in [-0.3, -0.25) is 19.5 Å². The first-order chi connectivity index (χ1) is 14.6. The van der Waals surface area contributed by atoms with E-state index in [0.717, 1.165) is 36.6 Å². The SMILES string of the molecule is CC1CN([C@H]2C[C@H](C(N)=O)C2)Cc2cc(C(=O)Nc3cncc(C(F)(F)F)c3)ccc21. The van der Waals surface area contributed by atoms with Gasteiger partial charge in [-0.05, 0) is 48.1 Å². The Kier molecular flexibility index (Phi) is 5.47. The number of halogens is 3. The van der Waals surface area contributed by atoms with Gasteiger partial charge in [0.25, 0.3) is 5.91 Å². The van der Waals surface area contributed by atoms with Gasteiger partial charge in [0.2, 0.25) is 5.91 Å². The van der Waals surface area contributed by atoms with Crippen LogP contribution < -0.4 is 11.1 Å². The van der Waals surface area contributed by atoms with Crippen LogP contribution in [0.1, 0.15) is 52.7 Å². The van der Waals surface area contributed by atoms with E-state index >= 15 is 0 Å². The summed E-state index contributed by atoms with van der Waals surface area (Å²) in [5.41, 5.74) is 6.97. The molecule has 0 radical (unpaired) electrons. The van der Waals surface area contributed by atoms with Crippen LogP contribution in [0.4, 0.5) is 18.9 Å². The smallest absolute Gasteiger partial charge is 0.369 e. The minimum Gasteiger partial charge on any atom is -0.369 e. The first-order valence-corrected chi connectivity index (χ1v) is 10.1. The van der Waals surface area contributed by atoms with Crippen molar-refractivity contribution >= 4 is 17.5 Å². The van der Waals surface area contributed by atoms with Crippen LogP contribution in [0.15, 0.2) is 36.7 Å². The lowest BCUT2D eigenvalue weighted by atomic mass is 9.77. The van der Waals surface area contributed by atoms with E-state index in [2.05, 4.69) is 22.1 Å². The molecule has 3 N–H and O–H groups in total. The van der Waals surface area contributed by atoms with Gasteiger partial charge in [0.1, 0.15) is 0 Å². The Hall–Kier alpha value is -2.94. The zero-order valence-electron chi connectivity index (χ0n) is 16.9. The number of rotatable bonds is 4. The van der Waals surface area contributed by atoms with Gasteiger partial charge in [0, 0.05) is 36.8 Å². The van der Waals surface area contributed by atoms with Crippen molar-refractivity contribution in [2.24, 2.45) is 11.7 Å². The van der Waals surface area contributed by atoms with Gasteiger partial charge in [0.15, 0.2) is 0 Å². The van der Waals surface area contributed by atoms with E-state index in [-0.39, 0.29) is 23.4 Å². The summed E-state index contributed by atoms with van der Waals surface area (Å²) in [5.74, 6) is -0.558. The van der Waals surface area contributed by atoms with Crippen molar-refractivity contribution in [3.8, 4) is 0 Å². The van der Waals surface area contributed by atoms with Gasteiger partial charge in [-0.1, -0.05) is 13.0 Å². The second-order valence-electron chi connectivity index (χ2n) is 8.38. The Morgan fingerprint density at radius 3 is 2.61 bits per heavy atom. The molecule has 9 heteroatoms. The van der Waals surface area contributed by atoms with Gasteiger partial charge in [-0.25, -0.2) is 0 Å². The number of hydrogen-bond acceptors (Lipinski definition) is 4. The van der Waals surface area contributed by atoms with Crippen LogP contribution in [0.2, 0.25) is 0 Å². The number of hydrogen-bond donors (Lipinski definition) is 2. The molecule has 2 heterocycles. The molecule has 4 rings (SSSR count). The Bertz CT molecular complexity index is 1020. The van der Waals surface area contributed by atoms with Crippen LogP contribution in [0, 0.1) is 5.92 Å². The number of fused-ring (bicyclic) bond motifs is 1. The maximum absolute atomic E-state index is 12.9. The van der Waals surface area contributed by atoms with Crippen molar-refractivity contribution in [3.63, 3.8) is 0 Å². The Morgan fingerprint density at radius 2 is 1.94 bits per heavy atom. The lowest BCUT2D eigenvalue weighted by Gasteiger charge is -2.45. The van der Waals surface area contributed by atoms with Gasteiger partial charge in [-0.15, -0.1) is 0 Å². The Morgan fingerprint density at radius 1 is 1.19 bits per heavy atom. The number of benzene rings is 1. The summed E-state index contributed by atoms with van der Waals surface area (Å²) in [5, 5.41) is 2.50. The van der Waals surface area contributed by atoms with Crippen LogP contribution in [0.25, 0.3) is 0 Å². The molecule has 1 aromatic carbocycles. The van der Waals surface area contributed by atoms with Gasteiger partial charge in [0.05, 0.1) is 17.4 Å². The molecule has 1 unspecified atom stereocenters. The highest BCUT2D eigenvalue weighted by atomic mass is 19.4. The molecule has 1 saturated carbocycles. The summed E-state index contributed by atoms with van der Waals surface area (Å²) in [6.45, 7) is 3.63. The predicted octanol–water partition coefficient (Wildman–Crippen LogP) is 3.54. The summed E-state index contributed by atoms with van der Waals surface area (Å²) in [6.07, 6.45) is -1.14. The number of anilines is 1. The molecular weight excluding hydrogens is 409 g/mol. The number of pyridine rings is 1. The number of aromatic nitrogens is 1. The van der Waals surface area contributed by atoms with E-state index in [4.69, 9.17) is 5.73 Å². The third-order valence-electron chi connectivity index (χ3n) is 6.17. The first kappa shape index (κ1) is 21.3. The monoisotopic (exact) mass is 432 g/mol. The third kappa shape index (κ3) is 4.41. The van der Waals surface area contributed by atoms with Crippen molar-refractivity contribution in [1.82, 2.24) is 9.88 Å². The average Bonchev–Trinajstić information content (AvgIpc) is 2.65. The van der Waals surface area contributed by atoms with Crippen LogP contribution in [0.3, 0.4) is 0 Å². The number of nitrogens with two attached hydrogens (primary N) is 1. The minimum absolute atomic E-state index is 0.0144. The summed E-state index contributed by atoms with van der Waals surface area (Å²) in [6, 6.07) is 6.54. The fourth-order valence-corrected chi connectivity index (χ4v) is 4.36. The van der Waals surface area contributed by atoms with Gasteiger partial charge in [-0.2, -0.15) is 13.2 Å². The zero-order valence-corrected chi connectivity index (χ0v) is 16.9. The second-order valence-corrected chi connectivity index (χ2v) is 8.38. The van der Waals surface area contributed by atoms with Gasteiger partial charge >= 0.3 is 6.18 Å². The molecule has 0 bridgehead atoms. The highest BCUT2D eigenvalue weighted by molar-refractivity contribution is 6.04. The number of alkyl halides is 3. The van der Waals surface area contributed by atoms with Crippen molar-refractivity contribution < 1.29 is 22.8 Å². The molecule has 2 amide bonds. The van der Waals surface area contributed by atoms with E-state index in [1.807, 2.05) is 6.07 Å². The molecule has 2 aromatic rings. The Balaban J connectivity index is 1.48. The van der Waals surface area contributed by atoms with Crippen LogP contribution >= 0.6 is 0 Å². The molecule has 1 atom stereocenters. The molecule has 164 valence electrons. The number of primary amides is 1. The van der Waals surface area contributed by atoms with Crippen molar-refractivity contribution in [3.05, 3.63) is 58.9 Å². The van der Waals surface area contributed by atoms with Gasteiger partial charge < -0.3 is 11.1 Å². The Labute approximate surface area is 177 Å². The highest BCUT2D eigenvalue weighted by Gasteiger charge is 2.39. The van der Waals surface area contributed by atoms with Crippen molar-refractivity contribution in [2.45, 2.75) is 44.4 Å². The predicted molar refractivity (Wildman–Crippen MR) is 108 cm³/mol.